The number of likely N-dealkylation sites (N-methyl/N-ethyl adjacent to an activating group) is 1. The summed E-state index contributed by atoms with van der Waals surface area (Å²) < 4.78 is 26.6. The summed E-state index contributed by atoms with van der Waals surface area (Å²) in [5.41, 5.74) is 0. The van der Waals surface area contributed by atoms with E-state index in [0.717, 1.165) is 26.3 Å². The van der Waals surface area contributed by atoms with E-state index in [1.165, 1.54) is 0 Å². The topological polar surface area (TPSA) is 49.9 Å². The monoisotopic (exact) mass is 250 g/mol. The van der Waals surface area contributed by atoms with Gasteiger partial charge in [-0.2, -0.15) is 0 Å². The first kappa shape index (κ1) is 13.9. The summed E-state index contributed by atoms with van der Waals surface area (Å²) in [4.78, 5) is 4.30. The maximum Gasteiger partial charge on any atom is 0.152 e. The van der Waals surface area contributed by atoms with Crippen LogP contribution in [0.15, 0.2) is 0 Å². The minimum Gasteiger partial charge on any atom is -0.379 e. The molecule has 0 spiro atoms. The number of hydrogen-bond acceptors (Lipinski definition) is 5. The van der Waals surface area contributed by atoms with Crippen molar-refractivity contribution in [2.45, 2.75) is 0 Å². The zero-order valence-corrected chi connectivity index (χ0v) is 11.0. The van der Waals surface area contributed by atoms with Crippen molar-refractivity contribution in [3.05, 3.63) is 0 Å². The lowest BCUT2D eigenvalue weighted by molar-refractivity contribution is 0.0503. The van der Waals surface area contributed by atoms with Gasteiger partial charge in [0, 0.05) is 26.2 Å². The molecule has 0 aromatic heterocycles. The fraction of sp³-hybridized carbons (Fsp3) is 1.00. The first-order valence-electron chi connectivity index (χ1n) is 5.65. The Labute approximate surface area is 98.3 Å². The third-order valence-electron chi connectivity index (χ3n) is 2.80. The maximum atomic E-state index is 10.8. The minimum atomic E-state index is -2.66. The highest BCUT2D eigenvalue weighted by atomic mass is 32.2. The molecule has 0 saturated carbocycles. The van der Waals surface area contributed by atoms with Crippen LogP contribution >= 0.6 is 0 Å². The van der Waals surface area contributed by atoms with Crippen LogP contribution in [0.5, 0.6) is 0 Å². The molecule has 2 rings (SSSR count). The summed E-state index contributed by atoms with van der Waals surface area (Å²) in [5.74, 6) is 0.674. The second-order valence-electron chi connectivity index (χ2n) is 4.37. The van der Waals surface area contributed by atoms with Gasteiger partial charge in [0.15, 0.2) is 9.84 Å². The summed E-state index contributed by atoms with van der Waals surface area (Å²) >= 11 is 0. The Morgan fingerprint density at radius 3 is 1.62 bits per heavy atom. The molecule has 6 heteroatoms. The van der Waals surface area contributed by atoms with E-state index in [4.69, 9.17) is 4.74 Å². The quantitative estimate of drug-likeness (QED) is 0.569. The third-order valence-corrected chi connectivity index (χ3v) is 4.41. The molecule has 2 aliphatic rings. The first-order valence-corrected chi connectivity index (χ1v) is 7.47. The number of sulfone groups is 1. The van der Waals surface area contributed by atoms with Gasteiger partial charge in [0.05, 0.1) is 24.7 Å². The molecular formula is C10H22N2O3S. The van der Waals surface area contributed by atoms with E-state index in [1.54, 1.807) is 0 Å². The standard InChI is InChI=1S/C5H11NO2S.C5H11NO/c1-6-2-4-9(7,8)5-3-6;1-6-2-4-7-5-3-6/h2-5H2,1H3;2-5H2,1H3. The molecule has 16 heavy (non-hydrogen) atoms. The van der Waals surface area contributed by atoms with Gasteiger partial charge in [-0.05, 0) is 14.1 Å². The van der Waals surface area contributed by atoms with Crippen LogP contribution in [-0.2, 0) is 14.6 Å². The summed E-state index contributed by atoms with van der Waals surface area (Å²) in [6.45, 7) is 5.41. The number of hydrogen-bond donors (Lipinski definition) is 0. The van der Waals surface area contributed by atoms with Gasteiger partial charge in [0.25, 0.3) is 0 Å². The Bertz CT molecular complexity index is 272. The van der Waals surface area contributed by atoms with E-state index in [1.807, 2.05) is 11.9 Å². The van der Waals surface area contributed by atoms with E-state index < -0.39 is 9.84 Å². The molecule has 2 fully saturated rings. The van der Waals surface area contributed by atoms with Crippen LogP contribution in [0.25, 0.3) is 0 Å². The van der Waals surface area contributed by atoms with Gasteiger partial charge in [-0.1, -0.05) is 0 Å². The van der Waals surface area contributed by atoms with E-state index in [-0.39, 0.29) is 0 Å². The van der Waals surface area contributed by atoms with Crippen LogP contribution < -0.4 is 0 Å². The summed E-state index contributed by atoms with van der Waals surface area (Å²) in [7, 11) is 1.40. The van der Waals surface area contributed by atoms with Gasteiger partial charge < -0.3 is 14.5 Å². The molecular weight excluding hydrogens is 228 g/mol. The van der Waals surface area contributed by atoms with Crippen LogP contribution in [0.2, 0.25) is 0 Å². The average Bonchev–Trinajstić information content (AvgIpc) is 2.25. The van der Waals surface area contributed by atoms with Crippen LogP contribution in [0, 0.1) is 0 Å². The van der Waals surface area contributed by atoms with Crippen molar-refractivity contribution < 1.29 is 13.2 Å². The van der Waals surface area contributed by atoms with E-state index in [9.17, 15) is 8.42 Å². The van der Waals surface area contributed by atoms with Crippen molar-refractivity contribution in [2.24, 2.45) is 0 Å². The lowest BCUT2D eigenvalue weighted by Crippen LogP contribution is -2.37. The van der Waals surface area contributed by atoms with Crippen LogP contribution in [0.1, 0.15) is 0 Å². The molecule has 0 atom stereocenters. The molecule has 0 radical (unpaired) electrons. The van der Waals surface area contributed by atoms with Gasteiger partial charge in [-0.3, -0.25) is 0 Å². The maximum absolute atomic E-state index is 10.8. The second-order valence-corrected chi connectivity index (χ2v) is 6.67. The predicted molar refractivity (Wildman–Crippen MR) is 64.5 cm³/mol. The molecule has 96 valence electrons. The Hall–Kier alpha value is -0.170. The van der Waals surface area contributed by atoms with Crippen molar-refractivity contribution >= 4 is 9.84 Å². The van der Waals surface area contributed by atoms with Crippen LogP contribution in [-0.4, -0.2) is 83.2 Å². The Kier molecular flexibility index (Phi) is 5.68. The highest BCUT2D eigenvalue weighted by Gasteiger charge is 2.17. The molecule has 0 unspecified atom stereocenters. The highest BCUT2D eigenvalue weighted by Crippen LogP contribution is 1.99. The number of nitrogens with zero attached hydrogens (tertiary/aromatic N) is 2. The van der Waals surface area contributed by atoms with E-state index >= 15 is 0 Å². The van der Waals surface area contributed by atoms with Crippen molar-refractivity contribution in [1.29, 1.82) is 0 Å². The molecule has 0 aromatic rings. The fourth-order valence-corrected chi connectivity index (χ4v) is 2.84. The molecule has 0 aliphatic carbocycles. The largest absolute Gasteiger partial charge is 0.379 e. The molecule has 0 amide bonds. The second kappa shape index (κ2) is 6.54. The normalized spacial score (nSPS) is 26.9. The number of morpholine rings is 1. The molecule has 0 bridgehead atoms. The molecule has 2 heterocycles. The van der Waals surface area contributed by atoms with Crippen LogP contribution in [0.3, 0.4) is 0 Å². The number of rotatable bonds is 0. The van der Waals surface area contributed by atoms with Crippen molar-refractivity contribution in [3.63, 3.8) is 0 Å². The Morgan fingerprint density at radius 1 is 0.875 bits per heavy atom. The van der Waals surface area contributed by atoms with Crippen molar-refractivity contribution in [2.75, 3.05) is 65.0 Å². The zero-order valence-electron chi connectivity index (χ0n) is 10.2. The van der Waals surface area contributed by atoms with Crippen LogP contribution in [0.4, 0.5) is 0 Å². The van der Waals surface area contributed by atoms with Gasteiger partial charge in [-0.15, -0.1) is 0 Å². The summed E-state index contributed by atoms with van der Waals surface area (Å²) in [6, 6.07) is 0. The average molecular weight is 250 g/mol. The summed E-state index contributed by atoms with van der Waals surface area (Å²) in [5, 5.41) is 0. The Morgan fingerprint density at radius 2 is 1.31 bits per heavy atom. The van der Waals surface area contributed by atoms with E-state index in [0.29, 0.717) is 24.6 Å². The smallest absolute Gasteiger partial charge is 0.152 e. The fourth-order valence-electron chi connectivity index (χ4n) is 1.46. The Balaban J connectivity index is 0.000000165. The predicted octanol–water partition coefficient (Wildman–Crippen LogP) is -0.705. The molecule has 2 saturated heterocycles. The number of ether oxygens (including phenoxy) is 1. The molecule has 0 N–H and O–H groups in total. The first-order chi connectivity index (χ1) is 7.49. The van der Waals surface area contributed by atoms with Gasteiger partial charge in [0.1, 0.15) is 0 Å². The lowest BCUT2D eigenvalue weighted by atomic mass is 10.5. The molecule has 2 aliphatic heterocycles. The molecule has 0 aromatic carbocycles. The van der Waals surface area contributed by atoms with E-state index in [2.05, 4.69) is 11.9 Å². The third kappa shape index (κ3) is 5.79. The molecule has 5 nitrogen and oxygen atoms in total. The van der Waals surface area contributed by atoms with Gasteiger partial charge in [-0.25, -0.2) is 8.42 Å². The van der Waals surface area contributed by atoms with Crippen molar-refractivity contribution in [3.8, 4) is 0 Å². The summed E-state index contributed by atoms with van der Waals surface area (Å²) in [6.07, 6.45) is 0. The zero-order chi connectivity index (χ0) is 12.0. The SMILES string of the molecule is CN1CCOCC1.CN1CCS(=O)(=O)CC1. The lowest BCUT2D eigenvalue weighted by Gasteiger charge is -2.21. The van der Waals surface area contributed by atoms with Gasteiger partial charge in [0.2, 0.25) is 0 Å². The minimum absolute atomic E-state index is 0.337. The highest BCUT2D eigenvalue weighted by molar-refractivity contribution is 7.91. The van der Waals surface area contributed by atoms with Gasteiger partial charge >= 0.3 is 0 Å². The van der Waals surface area contributed by atoms with Crippen molar-refractivity contribution in [1.82, 2.24) is 9.80 Å².